The SMILES string of the molecule is O=C(O)C1CC(=Cc2cccnc2)C1. The number of carboxylic acids is 1. The molecule has 3 heteroatoms. The van der Waals surface area contributed by atoms with Crippen LogP contribution in [-0.2, 0) is 4.79 Å². The summed E-state index contributed by atoms with van der Waals surface area (Å²) in [4.78, 5) is 14.5. The molecule has 1 aromatic rings. The molecule has 0 spiro atoms. The van der Waals surface area contributed by atoms with E-state index in [2.05, 4.69) is 4.98 Å². The largest absolute Gasteiger partial charge is 0.481 e. The van der Waals surface area contributed by atoms with Crippen LogP contribution >= 0.6 is 0 Å². The first-order valence-electron chi connectivity index (χ1n) is 4.58. The van der Waals surface area contributed by atoms with E-state index in [4.69, 9.17) is 5.11 Å². The first-order chi connectivity index (χ1) is 6.75. The molecule has 1 aromatic heterocycles. The number of hydrogen-bond acceptors (Lipinski definition) is 2. The summed E-state index contributed by atoms with van der Waals surface area (Å²) in [6, 6.07) is 3.84. The summed E-state index contributed by atoms with van der Waals surface area (Å²) in [5.41, 5.74) is 2.25. The normalized spacial score (nSPS) is 20.0. The second-order valence-electron chi connectivity index (χ2n) is 3.53. The van der Waals surface area contributed by atoms with Gasteiger partial charge in [0.05, 0.1) is 5.92 Å². The van der Waals surface area contributed by atoms with Gasteiger partial charge >= 0.3 is 5.97 Å². The second-order valence-corrected chi connectivity index (χ2v) is 3.53. The summed E-state index contributed by atoms with van der Waals surface area (Å²) >= 11 is 0. The molecule has 0 aromatic carbocycles. The van der Waals surface area contributed by atoms with Crippen LogP contribution in [0.4, 0.5) is 0 Å². The van der Waals surface area contributed by atoms with Crippen molar-refractivity contribution in [3.05, 3.63) is 35.7 Å². The van der Waals surface area contributed by atoms with Crippen LogP contribution in [0.3, 0.4) is 0 Å². The van der Waals surface area contributed by atoms with Crippen LogP contribution in [0.1, 0.15) is 18.4 Å². The first kappa shape index (κ1) is 8.94. The maximum atomic E-state index is 10.5. The minimum atomic E-state index is -0.687. The zero-order chi connectivity index (χ0) is 9.97. The van der Waals surface area contributed by atoms with E-state index in [0.717, 1.165) is 5.56 Å². The van der Waals surface area contributed by atoms with Gasteiger partial charge in [-0.1, -0.05) is 17.7 Å². The number of aliphatic carboxylic acids is 1. The fraction of sp³-hybridized carbons (Fsp3) is 0.273. The Kier molecular flexibility index (Phi) is 2.31. The number of rotatable bonds is 2. The van der Waals surface area contributed by atoms with Gasteiger partial charge in [0.25, 0.3) is 0 Å². The molecule has 14 heavy (non-hydrogen) atoms. The van der Waals surface area contributed by atoms with Crippen molar-refractivity contribution in [1.29, 1.82) is 0 Å². The molecule has 1 N–H and O–H groups in total. The van der Waals surface area contributed by atoms with Crippen molar-refractivity contribution in [2.75, 3.05) is 0 Å². The van der Waals surface area contributed by atoms with E-state index < -0.39 is 5.97 Å². The van der Waals surface area contributed by atoms with Crippen LogP contribution in [0.5, 0.6) is 0 Å². The summed E-state index contributed by atoms with van der Waals surface area (Å²) in [6.07, 6.45) is 6.89. The van der Waals surface area contributed by atoms with Gasteiger partial charge in [-0.3, -0.25) is 9.78 Å². The maximum Gasteiger partial charge on any atom is 0.307 e. The predicted octanol–water partition coefficient (Wildman–Crippen LogP) is 1.96. The third-order valence-corrected chi connectivity index (χ3v) is 2.42. The van der Waals surface area contributed by atoms with Crippen molar-refractivity contribution >= 4 is 12.0 Å². The van der Waals surface area contributed by atoms with Crippen LogP contribution in [-0.4, -0.2) is 16.1 Å². The average Bonchev–Trinajstić information content (AvgIpc) is 2.12. The quantitative estimate of drug-likeness (QED) is 0.773. The molecule has 1 fully saturated rings. The van der Waals surface area contributed by atoms with Crippen molar-refractivity contribution in [2.45, 2.75) is 12.8 Å². The van der Waals surface area contributed by atoms with Gasteiger partial charge < -0.3 is 5.11 Å². The van der Waals surface area contributed by atoms with Gasteiger partial charge in [-0.05, 0) is 24.5 Å². The van der Waals surface area contributed by atoms with Crippen LogP contribution in [0.15, 0.2) is 30.1 Å². The second kappa shape index (κ2) is 3.62. The molecule has 0 amide bonds. The first-order valence-corrected chi connectivity index (χ1v) is 4.58. The van der Waals surface area contributed by atoms with Gasteiger partial charge in [0.2, 0.25) is 0 Å². The lowest BCUT2D eigenvalue weighted by Crippen LogP contribution is -2.23. The van der Waals surface area contributed by atoms with E-state index in [0.29, 0.717) is 12.8 Å². The Morgan fingerprint density at radius 2 is 2.36 bits per heavy atom. The van der Waals surface area contributed by atoms with E-state index >= 15 is 0 Å². The number of pyridine rings is 1. The van der Waals surface area contributed by atoms with Gasteiger partial charge in [0, 0.05) is 12.4 Å². The molecular formula is C11H11NO2. The van der Waals surface area contributed by atoms with Crippen molar-refractivity contribution in [3.63, 3.8) is 0 Å². The summed E-state index contributed by atoms with van der Waals surface area (Å²) in [6.45, 7) is 0. The van der Waals surface area contributed by atoms with E-state index in [1.807, 2.05) is 18.2 Å². The lowest BCUT2D eigenvalue weighted by molar-refractivity contribution is -0.143. The molecule has 1 heterocycles. The molecule has 1 aliphatic rings. The highest BCUT2D eigenvalue weighted by Gasteiger charge is 2.28. The Labute approximate surface area is 82.1 Å². The van der Waals surface area contributed by atoms with Gasteiger partial charge in [0.1, 0.15) is 0 Å². The summed E-state index contributed by atoms with van der Waals surface area (Å²) in [5, 5.41) is 8.68. The third kappa shape index (κ3) is 1.82. The predicted molar refractivity (Wildman–Crippen MR) is 52.6 cm³/mol. The van der Waals surface area contributed by atoms with Gasteiger partial charge in [0.15, 0.2) is 0 Å². The zero-order valence-electron chi connectivity index (χ0n) is 7.68. The molecular weight excluding hydrogens is 178 g/mol. The molecule has 0 bridgehead atoms. The Hall–Kier alpha value is -1.64. The highest BCUT2D eigenvalue weighted by atomic mass is 16.4. The van der Waals surface area contributed by atoms with Crippen LogP contribution in [0.25, 0.3) is 6.08 Å². The molecule has 1 aliphatic carbocycles. The van der Waals surface area contributed by atoms with Crippen LogP contribution in [0, 0.1) is 5.92 Å². The molecule has 3 nitrogen and oxygen atoms in total. The van der Waals surface area contributed by atoms with Crippen molar-refractivity contribution in [1.82, 2.24) is 4.98 Å². The van der Waals surface area contributed by atoms with E-state index in [9.17, 15) is 4.79 Å². The Morgan fingerprint density at radius 1 is 1.57 bits per heavy atom. The van der Waals surface area contributed by atoms with Crippen molar-refractivity contribution in [2.24, 2.45) is 5.92 Å². The highest BCUT2D eigenvalue weighted by molar-refractivity contribution is 5.74. The molecule has 0 radical (unpaired) electrons. The minimum Gasteiger partial charge on any atom is -0.481 e. The number of hydrogen-bond donors (Lipinski definition) is 1. The molecule has 1 saturated carbocycles. The fourth-order valence-electron chi connectivity index (χ4n) is 1.56. The lowest BCUT2D eigenvalue weighted by atomic mass is 9.79. The molecule has 0 atom stereocenters. The number of nitrogens with zero attached hydrogens (tertiary/aromatic N) is 1. The van der Waals surface area contributed by atoms with Gasteiger partial charge in [-0.15, -0.1) is 0 Å². The number of allylic oxidation sites excluding steroid dienone is 1. The lowest BCUT2D eigenvalue weighted by Gasteiger charge is -2.25. The molecule has 0 aliphatic heterocycles. The average molecular weight is 189 g/mol. The summed E-state index contributed by atoms with van der Waals surface area (Å²) < 4.78 is 0. The topological polar surface area (TPSA) is 50.2 Å². The molecule has 0 saturated heterocycles. The number of aromatic nitrogens is 1. The monoisotopic (exact) mass is 189 g/mol. The zero-order valence-corrected chi connectivity index (χ0v) is 7.68. The molecule has 72 valence electrons. The Morgan fingerprint density at radius 3 is 2.93 bits per heavy atom. The van der Waals surface area contributed by atoms with Crippen molar-refractivity contribution < 1.29 is 9.90 Å². The molecule has 0 unspecified atom stereocenters. The fourth-order valence-corrected chi connectivity index (χ4v) is 1.56. The maximum absolute atomic E-state index is 10.5. The number of carbonyl (C=O) groups is 1. The Balaban J connectivity index is 2.00. The van der Waals surface area contributed by atoms with E-state index in [1.165, 1.54) is 5.57 Å². The van der Waals surface area contributed by atoms with Crippen molar-refractivity contribution in [3.8, 4) is 0 Å². The highest BCUT2D eigenvalue weighted by Crippen LogP contribution is 2.34. The molecule has 2 rings (SSSR count). The van der Waals surface area contributed by atoms with Gasteiger partial charge in [-0.25, -0.2) is 0 Å². The Bertz CT molecular complexity index is 362. The third-order valence-electron chi connectivity index (χ3n) is 2.42. The van der Waals surface area contributed by atoms with Crippen LogP contribution in [0.2, 0.25) is 0 Å². The summed E-state index contributed by atoms with van der Waals surface area (Å²) in [7, 11) is 0. The summed E-state index contributed by atoms with van der Waals surface area (Å²) in [5.74, 6) is -0.855. The smallest absolute Gasteiger partial charge is 0.307 e. The minimum absolute atomic E-state index is 0.169. The standard InChI is InChI=1S/C11H11NO2/c13-11(14)10-5-9(6-10)4-8-2-1-3-12-7-8/h1-4,7,10H,5-6H2,(H,13,14). The van der Waals surface area contributed by atoms with Gasteiger partial charge in [-0.2, -0.15) is 0 Å². The van der Waals surface area contributed by atoms with E-state index in [-0.39, 0.29) is 5.92 Å². The number of carboxylic acid groups (broad SMARTS) is 1. The van der Waals surface area contributed by atoms with Crippen LogP contribution < -0.4 is 0 Å². The van der Waals surface area contributed by atoms with E-state index in [1.54, 1.807) is 12.4 Å².